The highest BCUT2D eigenvalue weighted by Gasteiger charge is 2.34. The molecule has 0 saturated carbocycles. The summed E-state index contributed by atoms with van der Waals surface area (Å²) in [6.07, 6.45) is -1.56. The Bertz CT molecular complexity index is 1540. The minimum atomic E-state index is -4.60. The fraction of sp³-hybridized carbons (Fsp3) is 0.160. The van der Waals surface area contributed by atoms with E-state index in [1.54, 1.807) is 17.9 Å². The quantitative estimate of drug-likeness (QED) is 0.366. The molecule has 0 aliphatic heterocycles. The summed E-state index contributed by atoms with van der Waals surface area (Å²) in [5.74, 6) is -0.491. The predicted octanol–water partition coefficient (Wildman–Crippen LogP) is 4.79. The Morgan fingerprint density at radius 1 is 1.08 bits per heavy atom. The first-order chi connectivity index (χ1) is 17.3. The van der Waals surface area contributed by atoms with Gasteiger partial charge in [0.15, 0.2) is 0 Å². The van der Waals surface area contributed by atoms with Crippen molar-refractivity contribution in [1.82, 2.24) is 30.2 Å². The van der Waals surface area contributed by atoms with E-state index in [2.05, 4.69) is 25.5 Å². The molecule has 2 aromatic carbocycles. The molecule has 1 amide bonds. The van der Waals surface area contributed by atoms with E-state index >= 15 is 0 Å². The number of benzene rings is 2. The molecule has 0 radical (unpaired) electrons. The van der Waals surface area contributed by atoms with Gasteiger partial charge in [0.05, 0.1) is 34.4 Å². The van der Waals surface area contributed by atoms with Gasteiger partial charge in [-0.15, -0.1) is 0 Å². The minimum absolute atomic E-state index is 0.0151. The van der Waals surface area contributed by atoms with Gasteiger partial charge in [-0.05, 0) is 30.2 Å². The number of nitrogens with one attached hydrogen (secondary N) is 1. The van der Waals surface area contributed by atoms with Crippen LogP contribution < -0.4 is 5.32 Å². The van der Waals surface area contributed by atoms with E-state index in [9.17, 15) is 18.0 Å². The van der Waals surface area contributed by atoms with Gasteiger partial charge in [-0.25, -0.2) is 14.6 Å². The summed E-state index contributed by atoms with van der Waals surface area (Å²) in [7, 11) is 0. The molecule has 0 fully saturated rings. The number of carbonyl (C=O) groups excluding carboxylic acids is 1. The van der Waals surface area contributed by atoms with Crippen LogP contribution in [0, 0.1) is 6.92 Å². The highest BCUT2D eigenvalue weighted by atomic mass is 19.4. The van der Waals surface area contributed by atoms with E-state index in [1.807, 2.05) is 24.3 Å². The molecule has 0 aliphatic carbocycles. The van der Waals surface area contributed by atoms with E-state index < -0.39 is 17.6 Å². The number of aryl methyl sites for hydroxylation is 1. The van der Waals surface area contributed by atoms with Crippen molar-refractivity contribution in [2.24, 2.45) is 0 Å². The van der Waals surface area contributed by atoms with E-state index in [1.165, 1.54) is 30.6 Å². The van der Waals surface area contributed by atoms with E-state index in [-0.39, 0.29) is 29.1 Å². The molecular weight excluding hydrogens is 473 g/mol. The molecular formula is C25H19F3N6O2. The number of hydrogen-bond donors (Lipinski definition) is 1. The zero-order valence-corrected chi connectivity index (χ0v) is 19.0. The van der Waals surface area contributed by atoms with Crippen LogP contribution in [0.4, 0.5) is 13.2 Å². The molecule has 3 aromatic heterocycles. The number of alkyl halides is 3. The average Bonchev–Trinajstić information content (AvgIpc) is 3.52. The maximum atomic E-state index is 13.6. The Labute approximate surface area is 202 Å². The van der Waals surface area contributed by atoms with Crippen molar-refractivity contribution >= 4 is 17.0 Å². The van der Waals surface area contributed by atoms with Crippen molar-refractivity contribution in [3.05, 3.63) is 95.2 Å². The van der Waals surface area contributed by atoms with Crippen LogP contribution in [0.3, 0.4) is 0 Å². The van der Waals surface area contributed by atoms with Gasteiger partial charge < -0.3 is 9.84 Å². The Kier molecular flexibility index (Phi) is 5.96. The van der Waals surface area contributed by atoms with Crippen molar-refractivity contribution in [2.75, 3.05) is 0 Å². The predicted molar refractivity (Wildman–Crippen MR) is 124 cm³/mol. The second-order valence-corrected chi connectivity index (χ2v) is 8.09. The lowest BCUT2D eigenvalue weighted by molar-refractivity contribution is -0.137. The first kappa shape index (κ1) is 23.2. The molecule has 8 nitrogen and oxygen atoms in total. The molecule has 0 unspecified atom stereocenters. The monoisotopic (exact) mass is 492 g/mol. The van der Waals surface area contributed by atoms with Crippen LogP contribution in [0.5, 0.6) is 0 Å². The first-order valence-corrected chi connectivity index (χ1v) is 10.9. The number of pyridine rings is 1. The van der Waals surface area contributed by atoms with Gasteiger partial charge in [-0.1, -0.05) is 47.6 Å². The van der Waals surface area contributed by atoms with Gasteiger partial charge in [0, 0.05) is 12.1 Å². The Balaban J connectivity index is 1.49. The molecule has 5 rings (SSSR count). The summed E-state index contributed by atoms with van der Waals surface area (Å²) >= 11 is 0. The average molecular weight is 492 g/mol. The van der Waals surface area contributed by atoms with Gasteiger partial charge in [-0.2, -0.15) is 18.3 Å². The molecule has 0 spiro atoms. The van der Waals surface area contributed by atoms with Crippen LogP contribution in [0.25, 0.3) is 22.4 Å². The lowest BCUT2D eigenvalue weighted by Crippen LogP contribution is -2.24. The lowest BCUT2D eigenvalue weighted by atomic mass is 10.0. The molecule has 5 aromatic rings. The fourth-order valence-electron chi connectivity index (χ4n) is 4.01. The topological polar surface area (TPSA) is 98.7 Å². The van der Waals surface area contributed by atoms with Crippen LogP contribution in [-0.4, -0.2) is 30.8 Å². The largest absolute Gasteiger partial charge is 0.417 e. The maximum Gasteiger partial charge on any atom is 0.417 e. The molecule has 0 bridgehead atoms. The van der Waals surface area contributed by atoms with Gasteiger partial charge in [0.25, 0.3) is 11.6 Å². The zero-order valence-electron chi connectivity index (χ0n) is 19.0. The summed E-state index contributed by atoms with van der Waals surface area (Å²) in [5, 5.41) is 11.2. The summed E-state index contributed by atoms with van der Waals surface area (Å²) < 4.78 is 47.8. The summed E-state index contributed by atoms with van der Waals surface area (Å²) in [4.78, 5) is 21.5. The highest BCUT2D eigenvalue weighted by Crippen LogP contribution is 2.37. The third kappa shape index (κ3) is 4.54. The lowest BCUT2D eigenvalue weighted by Gasteiger charge is -2.14. The third-order valence-electron chi connectivity index (χ3n) is 5.73. The second-order valence-electron chi connectivity index (χ2n) is 8.09. The Hall–Kier alpha value is -4.54. The normalized spacial score (nSPS) is 11.7. The molecule has 3 heterocycles. The number of hydrogen-bond acceptors (Lipinski definition) is 6. The van der Waals surface area contributed by atoms with Gasteiger partial charge in [0.1, 0.15) is 12.7 Å². The van der Waals surface area contributed by atoms with Gasteiger partial charge >= 0.3 is 6.18 Å². The van der Waals surface area contributed by atoms with Crippen LogP contribution in [0.15, 0.2) is 71.8 Å². The minimum Gasteiger partial charge on any atom is -0.348 e. The van der Waals surface area contributed by atoms with Crippen LogP contribution in [-0.2, 0) is 19.3 Å². The van der Waals surface area contributed by atoms with E-state index in [0.29, 0.717) is 17.6 Å². The van der Waals surface area contributed by atoms with Crippen LogP contribution >= 0.6 is 0 Å². The smallest absolute Gasteiger partial charge is 0.348 e. The standard InChI is InChI=1S/C25H19F3N6O2/c1-15-22-19(23(35)30-11-16-6-2-3-7-17(16)12-34-14-29-13-31-34)10-21(32-24(22)36-33-15)18-8-4-5-9-20(18)25(26,27)28/h2-10,13-14H,11-12H2,1H3,(H,30,35). The number of carbonyl (C=O) groups is 1. The molecule has 0 atom stereocenters. The first-order valence-electron chi connectivity index (χ1n) is 10.9. The fourth-order valence-corrected chi connectivity index (χ4v) is 4.01. The second kappa shape index (κ2) is 9.25. The summed E-state index contributed by atoms with van der Waals surface area (Å²) in [6, 6.07) is 13.9. The van der Waals surface area contributed by atoms with E-state index in [4.69, 9.17) is 4.52 Å². The summed E-state index contributed by atoms with van der Waals surface area (Å²) in [6.45, 7) is 2.29. The SMILES string of the molecule is Cc1noc2nc(-c3ccccc3C(F)(F)F)cc(C(=O)NCc3ccccc3Cn3cncn3)c12. The van der Waals surface area contributed by atoms with Gasteiger partial charge in [-0.3, -0.25) is 4.79 Å². The number of halogens is 3. The Morgan fingerprint density at radius 3 is 2.58 bits per heavy atom. The summed E-state index contributed by atoms with van der Waals surface area (Å²) in [5.41, 5.74) is 1.25. The number of rotatable bonds is 6. The van der Waals surface area contributed by atoms with E-state index in [0.717, 1.165) is 17.2 Å². The van der Waals surface area contributed by atoms with Crippen LogP contribution in [0.2, 0.25) is 0 Å². The highest BCUT2D eigenvalue weighted by molar-refractivity contribution is 6.07. The van der Waals surface area contributed by atoms with Crippen molar-refractivity contribution in [2.45, 2.75) is 26.2 Å². The third-order valence-corrected chi connectivity index (χ3v) is 5.73. The van der Waals surface area contributed by atoms with Crippen molar-refractivity contribution < 1.29 is 22.5 Å². The van der Waals surface area contributed by atoms with Gasteiger partial charge in [0.2, 0.25) is 0 Å². The number of amides is 1. The Morgan fingerprint density at radius 2 is 1.83 bits per heavy atom. The van der Waals surface area contributed by atoms with Crippen molar-refractivity contribution in [3.8, 4) is 11.3 Å². The molecule has 0 saturated heterocycles. The molecule has 1 N–H and O–H groups in total. The van der Waals surface area contributed by atoms with Crippen molar-refractivity contribution in [1.29, 1.82) is 0 Å². The number of aromatic nitrogens is 5. The van der Waals surface area contributed by atoms with Crippen LogP contribution in [0.1, 0.15) is 32.7 Å². The van der Waals surface area contributed by atoms with Crippen molar-refractivity contribution in [3.63, 3.8) is 0 Å². The molecule has 0 aliphatic rings. The number of fused-ring (bicyclic) bond motifs is 1. The number of nitrogens with zero attached hydrogens (tertiary/aromatic N) is 5. The zero-order chi connectivity index (χ0) is 25.3. The molecule has 11 heteroatoms. The molecule has 182 valence electrons. The maximum absolute atomic E-state index is 13.6. The molecule has 36 heavy (non-hydrogen) atoms.